The monoisotopic (exact) mass is 448 g/mol. The first-order chi connectivity index (χ1) is 14.4. The fourth-order valence-electron chi connectivity index (χ4n) is 2.90. The van der Waals surface area contributed by atoms with E-state index in [1.807, 2.05) is 6.07 Å². The van der Waals surface area contributed by atoms with Crippen LogP contribution >= 0.6 is 22.9 Å². The highest BCUT2D eigenvalue weighted by atomic mass is 35.5. The zero-order chi connectivity index (χ0) is 21.5. The van der Waals surface area contributed by atoms with Gasteiger partial charge in [-0.15, -0.1) is 17.9 Å². The lowest BCUT2D eigenvalue weighted by molar-refractivity contribution is -0.153. The van der Waals surface area contributed by atoms with Gasteiger partial charge in [0.1, 0.15) is 5.75 Å². The molecule has 0 spiro atoms. The molecular weight excluding hydrogens is 428 g/mol. The van der Waals surface area contributed by atoms with Crippen molar-refractivity contribution in [1.82, 2.24) is 4.90 Å². The molecule has 2 heterocycles. The highest BCUT2D eigenvalue weighted by molar-refractivity contribution is 7.16. The minimum Gasteiger partial charge on any atom is -0.482 e. The Morgan fingerprint density at radius 2 is 2.07 bits per heavy atom. The average Bonchev–Trinajstić information content (AvgIpc) is 3.14. The molecule has 158 valence electrons. The number of fused-ring (bicyclic) bond motifs is 1. The predicted molar refractivity (Wildman–Crippen MR) is 115 cm³/mol. The molecule has 2 amide bonds. The number of nitrogens with zero attached hydrogens (tertiary/aromatic N) is 1. The van der Waals surface area contributed by atoms with Crippen molar-refractivity contribution < 1.29 is 23.9 Å². The molecule has 0 bridgehead atoms. The summed E-state index contributed by atoms with van der Waals surface area (Å²) in [4.78, 5) is 38.2. The summed E-state index contributed by atoms with van der Waals surface area (Å²) in [6.45, 7) is 3.64. The van der Waals surface area contributed by atoms with E-state index in [4.69, 9.17) is 21.1 Å². The number of aryl methyl sites for hydroxylation is 1. The summed E-state index contributed by atoms with van der Waals surface area (Å²) >= 11 is 7.31. The average molecular weight is 449 g/mol. The Bertz CT molecular complexity index is 959. The van der Waals surface area contributed by atoms with Gasteiger partial charge in [-0.05, 0) is 42.3 Å². The smallest absolute Gasteiger partial charge is 0.344 e. The Hall–Kier alpha value is -2.84. The van der Waals surface area contributed by atoms with Gasteiger partial charge < -0.3 is 19.7 Å². The molecule has 9 heteroatoms. The molecule has 0 saturated carbocycles. The molecule has 30 heavy (non-hydrogen) atoms. The Balaban J connectivity index is 1.46. The molecule has 1 aliphatic rings. The summed E-state index contributed by atoms with van der Waals surface area (Å²) in [6.07, 6.45) is 2.64. The van der Waals surface area contributed by atoms with E-state index in [9.17, 15) is 14.4 Å². The second-order valence-electron chi connectivity index (χ2n) is 6.59. The lowest BCUT2D eigenvalue weighted by Crippen LogP contribution is -2.34. The Morgan fingerprint density at radius 1 is 1.23 bits per heavy atom. The van der Waals surface area contributed by atoms with Crippen LogP contribution in [0.3, 0.4) is 0 Å². The number of hydrogen-bond donors (Lipinski definition) is 1. The number of amides is 2. The van der Waals surface area contributed by atoms with Gasteiger partial charge in [0.15, 0.2) is 13.2 Å². The van der Waals surface area contributed by atoms with Crippen LogP contribution in [-0.2, 0) is 32.1 Å². The number of halogens is 1. The number of nitrogens with one attached hydrogen (secondary N) is 1. The molecular formula is C21H21ClN2O5S. The van der Waals surface area contributed by atoms with Crippen LogP contribution in [0.4, 0.5) is 5.69 Å². The van der Waals surface area contributed by atoms with E-state index in [2.05, 4.69) is 11.9 Å². The van der Waals surface area contributed by atoms with Gasteiger partial charge in [-0.25, -0.2) is 4.79 Å². The van der Waals surface area contributed by atoms with Crippen LogP contribution in [0, 0.1) is 0 Å². The van der Waals surface area contributed by atoms with E-state index < -0.39 is 5.97 Å². The lowest BCUT2D eigenvalue weighted by atomic mass is 10.0. The highest BCUT2D eigenvalue weighted by Gasteiger charge is 2.18. The van der Waals surface area contributed by atoms with E-state index in [0.717, 1.165) is 16.1 Å². The molecule has 1 aliphatic heterocycles. The van der Waals surface area contributed by atoms with Crippen LogP contribution in [-0.4, -0.2) is 42.4 Å². The van der Waals surface area contributed by atoms with Gasteiger partial charge in [-0.1, -0.05) is 17.7 Å². The van der Waals surface area contributed by atoms with E-state index in [1.54, 1.807) is 30.3 Å². The number of hydrogen-bond acceptors (Lipinski definition) is 6. The van der Waals surface area contributed by atoms with Gasteiger partial charge in [-0.2, -0.15) is 0 Å². The maximum atomic E-state index is 12.4. The number of benzene rings is 1. The zero-order valence-corrected chi connectivity index (χ0v) is 17.8. The molecule has 0 atom stereocenters. The van der Waals surface area contributed by atoms with Crippen molar-refractivity contribution in [2.24, 2.45) is 0 Å². The summed E-state index contributed by atoms with van der Waals surface area (Å²) < 4.78 is 11.2. The molecule has 0 saturated heterocycles. The summed E-state index contributed by atoms with van der Waals surface area (Å²) in [5.74, 6) is -0.502. The maximum absolute atomic E-state index is 12.4. The van der Waals surface area contributed by atoms with Gasteiger partial charge in [-0.3, -0.25) is 9.59 Å². The number of esters is 1. The Labute approximate surface area is 183 Å². The fraction of sp³-hybridized carbons (Fsp3) is 0.286. The van der Waals surface area contributed by atoms with Gasteiger partial charge in [0.2, 0.25) is 5.91 Å². The number of ether oxygens (including phenoxy) is 2. The van der Waals surface area contributed by atoms with E-state index >= 15 is 0 Å². The molecule has 2 aromatic rings. The third kappa shape index (κ3) is 6.08. The van der Waals surface area contributed by atoms with Crippen LogP contribution in [0.2, 0.25) is 4.34 Å². The summed E-state index contributed by atoms with van der Waals surface area (Å²) in [7, 11) is 0. The normalized spacial score (nSPS) is 12.5. The van der Waals surface area contributed by atoms with Gasteiger partial charge >= 0.3 is 5.97 Å². The Morgan fingerprint density at radius 3 is 2.80 bits per heavy atom. The van der Waals surface area contributed by atoms with E-state index in [-0.39, 0.29) is 25.0 Å². The van der Waals surface area contributed by atoms with Crippen molar-refractivity contribution in [2.75, 3.05) is 25.1 Å². The first-order valence-electron chi connectivity index (χ1n) is 9.28. The van der Waals surface area contributed by atoms with Crippen LogP contribution in [0.25, 0.3) is 0 Å². The molecule has 1 aromatic heterocycles. The Kier molecular flexibility index (Phi) is 7.48. The SMILES string of the molecule is C=CCN(Cc1ccc(Cl)s1)C(=O)COC(=O)COc1ccc2c(c1)CCC(=O)N2. The minimum absolute atomic E-state index is 0.0166. The molecule has 7 nitrogen and oxygen atoms in total. The van der Waals surface area contributed by atoms with Crippen molar-refractivity contribution in [1.29, 1.82) is 0 Å². The number of carbonyl (C=O) groups is 3. The number of carbonyl (C=O) groups excluding carboxylic acids is 3. The fourth-order valence-corrected chi connectivity index (χ4v) is 4.01. The van der Waals surface area contributed by atoms with Crippen molar-refractivity contribution >= 4 is 46.4 Å². The standard InChI is InChI=1S/C21H21ClN2O5S/c1-2-9-24(11-16-5-7-18(22)30-16)20(26)12-29-21(27)13-28-15-4-6-17-14(10-15)3-8-19(25)23-17/h2,4-7,10H,1,3,8-9,11-13H2,(H,23,25). The van der Waals surface area contributed by atoms with Crippen molar-refractivity contribution in [3.05, 3.63) is 57.8 Å². The molecule has 3 rings (SSSR count). The number of anilines is 1. The first kappa shape index (κ1) is 21.9. The van der Waals surface area contributed by atoms with Gasteiger partial charge in [0.25, 0.3) is 5.91 Å². The van der Waals surface area contributed by atoms with Crippen LogP contribution < -0.4 is 10.1 Å². The topological polar surface area (TPSA) is 84.9 Å². The predicted octanol–water partition coefficient (Wildman–Crippen LogP) is 3.42. The summed E-state index contributed by atoms with van der Waals surface area (Å²) in [5, 5.41) is 2.78. The number of thiophene rings is 1. The molecule has 0 fully saturated rings. The van der Waals surface area contributed by atoms with Crippen molar-refractivity contribution in [3.63, 3.8) is 0 Å². The third-order valence-electron chi connectivity index (χ3n) is 4.36. The minimum atomic E-state index is -0.646. The molecule has 1 N–H and O–H groups in total. The van der Waals surface area contributed by atoms with E-state index in [0.29, 0.717) is 36.0 Å². The third-order valence-corrected chi connectivity index (χ3v) is 5.58. The highest BCUT2D eigenvalue weighted by Crippen LogP contribution is 2.27. The summed E-state index contributed by atoms with van der Waals surface area (Å²) in [5.41, 5.74) is 1.70. The second kappa shape index (κ2) is 10.3. The van der Waals surface area contributed by atoms with Crippen molar-refractivity contribution in [2.45, 2.75) is 19.4 Å². The summed E-state index contributed by atoms with van der Waals surface area (Å²) in [6, 6.07) is 8.80. The van der Waals surface area contributed by atoms with Gasteiger partial charge in [0.05, 0.1) is 10.9 Å². The lowest BCUT2D eigenvalue weighted by Gasteiger charge is -2.20. The van der Waals surface area contributed by atoms with Crippen LogP contribution in [0.1, 0.15) is 16.9 Å². The molecule has 0 radical (unpaired) electrons. The van der Waals surface area contributed by atoms with Crippen LogP contribution in [0.5, 0.6) is 5.75 Å². The first-order valence-corrected chi connectivity index (χ1v) is 10.5. The van der Waals surface area contributed by atoms with Crippen LogP contribution in [0.15, 0.2) is 43.0 Å². The molecule has 0 aliphatic carbocycles. The van der Waals surface area contributed by atoms with E-state index in [1.165, 1.54) is 16.2 Å². The zero-order valence-electron chi connectivity index (χ0n) is 16.2. The molecule has 0 unspecified atom stereocenters. The van der Waals surface area contributed by atoms with Crippen molar-refractivity contribution in [3.8, 4) is 5.75 Å². The second-order valence-corrected chi connectivity index (χ2v) is 8.38. The number of rotatable bonds is 9. The largest absolute Gasteiger partial charge is 0.482 e. The molecule has 1 aromatic carbocycles. The maximum Gasteiger partial charge on any atom is 0.344 e. The quantitative estimate of drug-likeness (QED) is 0.469. The van der Waals surface area contributed by atoms with Gasteiger partial charge in [0, 0.05) is 23.5 Å².